The largest absolute Gasteiger partial charge is 0.351 e. The predicted molar refractivity (Wildman–Crippen MR) is 95.5 cm³/mol. The van der Waals surface area contributed by atoms with Gasteiger partial charge in [-0.05, 0) is 42.0 Å². The van der Waals surface area contributed by atoms with Crippen LogP contribution in [0.4, 0.5) is 5.69 Å². The first-order valence-electron chi connectivity index (χ1n) is 7.61. The van der Waals surface area contributed by atoms with Crippen LogP contribution in [0, 0.1) is 0 Å². The third kappa shape index (κ3) is 4.08. The lowest BCUT2D eigenvalue weighted by Gasteiger charge is -2.17. The topological polar surface area (TPSA) is 49.4 Å². The zero-order chi connectivity index (χ0) is 17.1. The zero-order valence-electron chi connectivity index (χ0n) is 12.8. The zero-order valence-corrected chi connectivity index (χ0v) is 14.3. The number of carbonyl (C=O) groups excluding carboxylic acids is 2. The molecule has 2 aromatic carbocycles. The average molecular weight is 363 g/mol. The van der Waals surface area contributed by atoms with Crippen LogP contribution in [0.5, 0.6) is 0 Å². The van der Waals surface area contributed by atoms with Gasteiger partial charge in [0, 0.05) is 28.7 Å². The molecule has 124 valence electrons. The SMILES string of the molecule is O=C(Cc1ccc(Cl)cc1)N[C@@H]1CC(=O)N(c2ccc(Cl)cc2)C1. The first kappa shape index (κ1) is 16.8. The Labute approximate surface area is 150 Å². The number of halogens is 2. The Balaban J connectivity index is 1.58. The van der Waals surface area contributed by atoms with Gasteiger partial charge in [0.1, 0.15) is 0 Å². The highest BCUT2D eigenvalue weighted by atomic mass is 35.5. The van der Waals surface area contributed by atoms with Gasteiger partial charge in [0.05, 0.1) is 12.5 Å². The van der Waals surface area contributed by atoms with E-state index >= 15 is 0 Å². The number of rotatable bonds is 4. The Bertz CT molecular complexity index is 745. The Morgan fingerprint density at radius 2 is 1.62 bits per heavy atom. The second-order valence-corrected chi connectivity index (χ2v) is 6.63. The summed E-state index contributed by atoms with van der Waals surface area (Å²) in [6, 6.07) is 14.1. The lowest BCUT2D eigenvalue weighted by Crippen LogP contribution is -2.38. The molecule has 1 saturated heterocycles. The second kappa shape index (κ2) is 7.24. The number of nitrogens with one attached hydrogen (secondary N) is 1. The highest BCUT2D eigenvalue weighted by molar-refractivity contribution is 6.30. The molecule has 0 saturated carbocycles. The van der Waals surface area contributed by atoms with Crippen LogP contribution in [0.15, 0.2) is 48.5 Å². The molecule has 3 rings (SSSR count). The molecule has 1 aliphatic rings. The van der Waals surface area contributed by atoms with Crippen molar-refractivity contribution in [3.63, 3.8) is 0 Å². The van der Waals surface area contributed by atoms with Gasteiger partial charge < -0.3 is 10.2 Å². The lowest BCUT2D eigenvalue weighted by atomic mass is 10.1. The van der Waals surface area contributed by atoms with E-state index in [-0.39, 0.29) is 24.3 Å². The minimum atomic E-state index is -0.187. The van der Waals surface area contributed by atoms with E-state index in [1.807, 2.05) is 12.1 Å². The normalized spacial score (nSPS) is 17.2. The predicted octanol–water partition coefficient (Wildman–Crippen LogP) is 3.46. The molecular weight excluding hydrogens is 347 g/mol. The summed E-state index contributed by atoms with van der Waals surface area (Å²) in [6.45, 7) is 0.465. The van der Waals surface area contributed by atoms with Gasteiger partial charge in [-0.25, -0.2) is 0 Å². The van der Waals surface area contributed by atoms with Gasteiger partial charge in [-0.15, -0.1) is 0 Å². The molecule has 0 aliphatic carbocycles. The Morgan fingerprint density at radius 3 is 2.25 bits per heavy atom. The van der Waals surface area contributed by atoms with Crippen molar-refractivity contribution in [2.75, 3.05) is 11.4 Å². The minimum absolute atomic E-state index is 0.00545. The molecule has 2 amide bonds. The number of anilines is 1. The highest BCUT2D eigenvalue weighted by Crippen LogP contribution is 2.23. The Morgan fingerprint density at radius 1 is 1.04 bits per heavy atom. The molecule has 1 heterocycles. The fourth-order valence-electron chi connectivity index (χ4n) is 2.74. The van der Waals surface area contributed by atoms with Crippen molar-refractivity contribution < 1.29 is 9.59 Å². The standard InChI is InChI=1S/C18H16Cl2N2O2/c19-13-3-1-12(2-4-13)9-17(23)21-15-10-18(24)22(11-15)16-7-5-14(20)6-8-16/h1-8,15H,9-11H2,(H,21,23)/t15-/m1/s1. The summed E-state index contributed by atoms with van der Waals surface area (Å²) in [7, 11) is 0. The van der Waals surface area contributed by atoms with E-state index in [2.05, 4.69) is 5.32 Å². The monoisotopic (exact) mass is 362 g/mol. The molecule has 1 N–H and O–H groups in total. The molecule has 1 atom stereocenters. The van der Waals surface area contributed by atoms with Crippen LogP contribution >= 0.6 is 23.2 Å². The molecule has 6 heteroatoms. The quantitative estimate of drug-likeness (QED) is 0.905. The van der Waals surface area contributed by atoms with Crippen LogP contribution in [0.2, 0.25) is 10.0 Å². The summed E-state index contributed by atoms with van der Waals surface area (Å²) in [5, 5.41) is 4.18. The molecule has 1 aliphatic heterocycles. The van der Waals surface area contributed by atoms with Crippen molar-refractivity contribution in [1.82, 2.24) is 5.32 Å². The van der Waals surface area contributed by atoms with E-state index in [9.17, 15) is 9.59 Å². The smallest absolute Gasteiger partial charge is 0.229 e. The van der Waals surface area contributed by atoms with Gasteiger partial charge in [-0.2, -0.15) is 0 Å². The maximum absolute atomic E-state index is 12.2. The molecule has 2 aromatic rings. The van der Waals surface area contributed by atoms with Crippen LogP contribution in [0.3, 0.4) is 0 Å². The van der Waals surface area contributed by atoms with Gasteiger partial charge >= 0.3 is 0 Å². The van der Waals surface area contributed by atoms with E-state index < -0.39 is 0 Å². The van der Waals surface area contributed by atoms with E-state index in [0.717, 1.165) is 11.3 Å². The van der Waals surface area contributed by atoms with Gasteiger partial charge in [-0.1, -0.05) is 35.3 Å². The summed E-state index contributed by atoms with van der Waals surface area (Å²) in [5.74, 6) is -0.109. The van der Waals surface area contributed by atoms with E-state index in [1.54, 1.807) is 41.3 Å². The number of amides is 2. The number of hydrogen-bond acceptors (Lipinski definition) is 2. The van der Waals surface area contributed by atoms with Gasteiger partial charge in [-0.3, -0.25) is 9.59 Å². The molecule has 0 radical (unpaired) electrons. The van der Waals surface area contributed by atoms with Crippen LogP contribution in [0.25, 0.3) is 0 Å². The summed E-state index contributed by atoms with van der Waals surface area (Å²) >= 11 is 11.7. The maximum atomic E-state index is 12.2. The minimum Gasteiger partial charge on any atom is -0.351 e. The van der Waals surface area contributed by atoms with E-state index in [1.165, 1.54) is 0 Å². The Kier molecular flexibility index (Phi) is 5.07. The van der Waals surface area contributed by atoms with Crippen molar-refractivity contribution in [2.45, 2.75) is 18.9 Å². The summed E-state index contributed by atoms with van der Waals surface area (Å²) < 4.78 is 0. The van der Waals surface area contributed by atoms with Crippen LogP contribution in [-0.2, 0) is 16.0 Å². The third-order valence-electron chi connectivity index (χ3n) is 3.91. The molecule has 0 spiro atoms. The van der Waals surface area contributed by atoms with Crippen LogP contribution in [0.1, 0.15) is 12.0 Å². The Hall–Kier alpha value is -2.04. The molecular formula is C18H16Cl2N2O2. The van der Waals surface area contributed by atoms with Gasteiger partial charge in [0.25, 0.3) is 0 Å². The highest BCUT2D eigenvalue weighted by Gasteiger charge is 2.31. The summed E-state index contributed by atoms with van der Waals surface area (Å²) in [6.07, 6.45) is 0.567. The average Bonchev–Trinajstić information content (AvgIpc) is 2.90. The van der Waals surface area contributed by atoms with Crippen molar-refractivity contribution in [1.29, 1.82) is 0 Å². The van der Waals surface area contributed by atoms with Gasteiger partial charge in [0.15, 0.2) is 0 Å². The summed E-state index contributed by atoms with van der Waals surface area (Å²) in [4.78, 5) is 26.0. The lowest BCUT2D eigenvalue weighted by molar-refractivity contribution is -0.121. The van der Waals surface area contributed by atoms with Crippen molar-refractivity contribution in [3.05, 3.63) is 64.1 Å². The number of hydrogen-bond donors (Lipinski definition) is 1. The number of carbonyl (C=O) groups is 2. The van der Waals surface area contributed by atoms with E-state index in [4.69, 9.17) is 23.2 Å². The van der Waals surface area contributed by atoms with Crippen molar-refractivity contribution in [3.8, 4) is 0 Å². The fraction of sp³-hybridized carbons (Fsp3) is 0.222. The molecule has 24 heavy (non-hydrogen) atoms. The van der Waals surface area contributed by atoms with E-state index in [0.29, 0.717) is 23.0 Å². The third-order valence-corrected chi connectivity index (χ3v) is 4.41. The first-order valence-corrected chi connectivity index (χ1v) is 8.36. The van der Waals surface area contributed by atoms with Crippen LogP contribution in [-0.4, -0.2) is 24.4 Å². The first-order chi connectivity index (χ1) is 11.5. The summed E-state index contributed by atoms with van der Waals surface area (Å²) in [5.41, 5.74) is 1.68. The molecule has 4 nitrogen and oxygen atoms in total. The van der Waals surface area contributed by atoms with Crippen molar-refractivity contribution >= 4 is 40.7 Å². The molecule has 0 unspecified atom stereocenters. The molecule has 0 aromatic heterocycles. The fourth-order valence-corrected chi connectivity index (χ4v) is 2.99. The maximum Gasteiger partial charge on any atom is 0.229 e. The number of nitrogens with zero attached hydrogens (tertiary/aromatic N) is 1. The van der Waals surface area contributed by atoms with Crippen LogP contribution < -0.4 is 10.2 Å². The molecule has 0 bridgehead atoms. The second-order valence-electron chi connectivity index (χ2n) is 5.75. The molecule has 1 fully saturated rings. The number of benzene rings is 2. The van der Waals surface area contributed by atoms with Crippen molar-refractivity contribution in [2.24, 2.45) is 0 Å². The van der Waals surface area contributed by atoms with Gasteiger partial charge in [0.2, 0.25) is 11.8 Å².